The smallest absolute Gasteiger partial charge is 0.273 e. The Balaban J connectivity index is 1.59. The summed E-state index contributed by atoms with van der Waals surface area (Å²) in [6.45, 7) is 2.75. The first-order valence-electron chi connectivity index (χ1n) is 8.69. The third kappa shape index (κ3) is 4.33. The summed E-state index contributed by atoms with van der Waals surface area (Å²) in [6.07, 6.45) is 7.28. The molecular weight excluding hydrogens is 320 g/mol. The third-order valence-corrected chi connectivity index (χ3v) is 4.43. The molecule has 0 bridgehead atoms. The highest BCUT2D eigenvalue weighted by Crippen LogP contribution is 2.26. The van der Waals surface area contributed by atoms with Gasteiger partial charge in [0.25, 0.3) is 5.91 Å². The molecule has 1 saturated carbocycles. The molecule has 0 radical (unpaired) electrons. The van der Waals surface area contributed by atoms with Crippen LogP contribution in [0.15, 0.2) is 24.5 Å². The van der Waals surface area contributed by atoms with Crippen LogP contribution in [0.1, 0.15) is 54.7 Å². The summed E-state index contributed by atoms with van der Waals surface area (Å²) in [4.78, 5) is 16.5. The molecule has 3 N–H and O–H groups in total. The Morgan fingerprint density at radius 2 is 2.20 bits per heavy atom. The SMILES string of the molecule is CCOc1ncccc1CNC(=O)c1cn(C2CCC(N)CC2)nn1. The number of pyridine rings is 1. The standard InChI is InChI=1S/C17H24N6O2/c1-2-25-17-12(4-3-9-19-17)10-20-16(24)15-11-23(22-21-15)14-7-5-13(18)6-8-14/h3-4,9,11,13-14H,2,5-8,10,18H2,1H3,(H,20,24). The van der Waals surface area contributed by atoms with E-state index in [1.807, 2.05) is 19.1 Å². The molecule has 134 valence electrons. The van der Waals surface area contributed by atoms with Gasteiger partial charge >= 0.3 is 0 Å². The van der Waals surface area contributed by atoms with Crippen LogP contribution in [0.3, 0.4) is 0 Å². The molecule has 1 aliphatic carbocycles. The number of nitrogens with two attached hydrogens (primary N) is 1. The molecule has 0 aliphatic heterocycles. The van der Waals surface area contributed by atoms with E-state index in [4.69, 9.17) is 10.5 Å². The van der Waals surface area contributed by atoms with Crippen LogP contribution in [0.5, 0.6) is 5.88 Å². The second-order valence-electron chi connectivity index (χ2n) is 6.24. The Morgan fingerprint density at radius 1 is 1.40 bits per heavy atom. The summed E-state index contributed by atoms with van der Waals surface area (Å²) in [5, 5.41) is 11.0. The minimum absolute atomic E-state index is 0.259. The van der Waals surface area contributed by atoms with Crippen molar-refractivity contribution >= 4 is 5.91 Å². The molecule has 25 heavy (non-hydrogen) atoms. The van der Waals surface area contributed by atoms with E-state index in [1.54, 1.807) is 17.1 Å². The number of nitrogens with one attached hydrogen (secondary N) is 1. The first kappa shape index (κ1) is 17.3. The van der Waals surface area contributed by atoms with Crippen LogP contribution in [0, 0.1) is 0 Å². The van der Waals surface area contributed by atoms with E-state index < -0.39 is 0 Å². The normalized spacial score (nSPS) is 20.2. The zero-order valence-corrected chi connectivity index (χ0v) is 14.4. The largest absolute Gasteiger partial charge is 0.478 e. The van der Waals surface area contributed by atoms with E-state index >= 15 is 0 Å². The van der Waals surface area contributed by atoms with E-state index in [0.717, 1.165) is 31.2 Å². The van der Waals surface area contributed by atoms with E-state index in [0.29, 0.717) is 24.7 Å². The van der Waals surface area contributed by atoms with Gasteiger partial charge in [-0.2, -0.15) is 0 Å². The summed E-state index contributed by atoms with van der Waals surface area (Å²) in [5.41, 5.74) is 7.07. The Labute approximate surface area is 146 Å². The predicted molar refractivity (Wildman–Crippen MR) is 92.1 cm³/mol. The van der Waals surface area contributed by atoms with Gasteiger partial charge in [-0.3, -0.25) is 4.79 Å². The van der Waals surface area contributed by atoms with Crippen molar-refractivity contribution in [3.8, 4) is 5.88 Å². The number of hydrogen-bond acceptors (Lipinski definition) is 6. The maximum Gasteiger partial charge on any atom is 0.273 e. The molecule has 2 aromatic heterocycles. The van der Waals surface area contributed by atoms with Crippen molar-refractivity contribution in [2.45, 2.75) is 51.2 Å². The lowest BCUT2D eigenvalue weighted by Crippen LogP contribution is -2.28. The quantitative estimate of drug-likeness (QED) is 0.821. The monoisotopic (exact) mass is 344 g/mol. The molecular formula is C17H24N6O2. The lowest BCUT2D eigenvalue weighted by Gasteiger charge is -2.25. The number of rotatable bonds is 6. The molecule has 0 unspecified atom stereocenters. The summed E-state index contributed by atoms with van der Waals surface area (Å²) < 4.78 is 7.25. The summed E-state index contributed by atoms with van der Waals surface area (Å²) in [7, 11) is 0. The highest BCUT2D eigenvalue weighted by atomic mass is 16.5. The van der Waals surface area contributed by atoms with E-state index in [9.17, 15) is 4.79 Å². The second kappa shape index (κ2) is 8.06. The van der Waals surface area contributed by atoms with Crippen molar-refractivity contribution in [3.05, 3.63) is 35.8 Å². The maximum atomic E-state index is 12.3. The highest BCUT2D eigenvalue weighted by molar-refractivity contribution is 5.91. The van der Waals surface area contributed by atoms with Gasteiger partial charge < -0.3 is 15.8 Å². The maximum absolute atomic E-state index is 12.3. The number of amides is 1. The molecule has 0 aromatic carbocycles. The number of carbonyl (C=O) groups is 1. The van der Waals surface area contributed by atoms with Gasteiger partial charge in [-0.05, 0) is 38.7 Å². The van der Waals surface area contributed by atoms with Gasteiger partial charge in [0.15, 0.2) is 5.69 Å². The fourth-order valence-corrected chi connectivity index (χ4v) is 3.02. The van der Waals surface area contributed by atoms with Crippen LogP contribution < -0.4 is 15.8 Å². The molecule has 1 amide bonds. The Hall–Kier alpha value is -2.48. The zero-order chi connectivity index (χ0) is 17.6. The van der Waals surface area contributed by atoms with Crippen LogP contribution in [0.25, 0.3) is 0 Å². The first-order chi connectivity index (χ1) is 12.2. The first-order valence-corrected chi connectivity index (χ1v) is 8.69. The third-order valence-electron chi connectivity index (χ3n) is 4.43. The predicted octanol–water partition coefficient (Wildman–Crippen LogP) is 1.44. The lowest BCUT2D eigenvalue weighted by molar-refractivity contribution is 0.0945. The molecule has 3 rings (SSSR count). The van der Waals surface area contributed by atoms with Gasteiger partial charge in [0.05, 0.1) is 18.8 Å². The Morgan fingerprint density at radius 3 is 2.96 bits per heavy atom. The number of nitrogens with zero attached hydrogens (tertiary/aromatic N) is 4. The van der Waals surface area contributed by atoms with E-state index in [-0.39, 0.29) is 18.0 Å². The molecule has 1 fully saturated rings. The molecule has 8 heteroatoms. The molecule has 0 spiro atoms. The van der Waals surface area contributed by atoms with Crippen molar-refractivity contribution in [1.82, 2.24) is 25.3 Å². The van der Waals surface area contributed by atoms with Crippen LogP contribution in [0.2, 0.25) is 0 Å². The average Bonchev–Trinajstić information content (AvgIpc) is 3.12. The van der Waals surface area contributed by atoms with Gasteiger partial charge in [-0.15, -0.1) is 5.10 Å². The van der Waals surface area contributed by atoms with Crippen molar-refractivity contribution in [3.63, 3.8) is 0 Å². The lowest BCUT2D eigenvalue weighted by atomic mass is 9.92. The van der Waals surface area contributed by atoms with Gasteiger partial charge in [0.1, 0.15) is 0 Å². The average molecular weight is 344 g/mol. The minimum Gasteiger partial charge on any atom is -0.478 e. The topological polar surface area (TPSA) is 108 Å². The zero-order valence-electron chi connectivity index (χ0n) is 14.4. The fraction of sp³-hybridized carbons (Fsp3) is 0.529. The molecule has 2 aromatic rings. The Kier molecular flexibility index (Phi) is 5.60. The van der Waals surface area contributed by atoms with Crippen LogP contribution in [-0.2, 0) is 6.54 Å². The number of hydrogen-bond donors (Lipinski definition) is 2. The molecule has 8 nitrogen and oxygen atoms in total. The van der Waals surface area contributed by atoms with Crippen molar-refractivity contribution in [2.75, 3.05) is 6.61 Å². The van der Waals surface area contributed by atoms with Crippen molar-refractivity contribution in [2.24, 2.45) is 5.73 Å². The minimum atomic E-state index is -0.259. The number of carbonyl (C=O) groups excluding carboxylic acids is 1. The highest BCUT2D eigenvalue weighted by Gasteiger charge is 2.22. The number of ether oxygens (including phenoxy) is 1. The van der Waals surface area contributed by atoms with E-state index in [2.05, 4.69) is 20.6 Å². The number of aromatic nitrogens is 4. The molecule has 0 atom stereocenters. The van der Waals surface area contributed by atoms with Crippen LogP contribution >= 0.6 is 0 Å². The summed E-state index contributed by atoms with van der Waals surface area (Å²) in [5.74, 6) is 0.276. The van der Waals surface area contributed by atoms with Gasteiger partial charge in [-0.25, -0.2) is 9.67 Å². The van der Waals surface area contributed by atoms with Gasteiger partial charge in [0.2, 0.25) is 5.88 Å². The van der Waals surface area contributed by atoms with Crippen molar-refractivity contribution in [1.29, 1.82) is 0 Å². The molecule has 1 aliphatic rings. The molecule has 2 heterocycles. The van der Waals surface area contributed by atoms with Gasteiger partial charge in [0, 0.05) is 24.3 Å². The van der Waals surface area contributed by atoms with Crippen LogP contribution in [0.4, 0.5) is 0 Å². The Bertz CT molecular complexity index is 709. The van der Waals surface area contributed by atoms with E-state index in [1.165, 1.54) is 0 Å². The summed E-state index contributed by atoms with van der Waals surface area (Å²) >= 11 is 0. The van der Waals surface area contributed by atoms with Crippen LogP contribution in [-0.4, -0.2) is 38.5 Å². The summed E-state index contributed by atoms with van der Waals surface area (Å²) in [6, 6.07) is 4.24. The fourth-order valence-electron chi connectivity index (χ4n) is 3.02. The van der Waals surface area contributed by atoms with Gasteiger partial charge in [-0.1, -0.05) is 11.3 Å². The van der Waals surface area contributed by atoms with Crippen molar-refractivity contribution < 1.29 is 9.53 Å². The molecule has 0 saturated heterocycles. The second-order valence-corrected chi connectivity index (χ2v) is 6.24.